The first kappa shape index (κ1) is 13.5. The number of benzene rings is 1. The fourth-order valence-electron chi connectivity index (χ4n) is 1.83. The summed E-state index contributed by atoms with van der Waals surface area (Å²) < 4.78 is 31.5. The van der Waals surface area contributed by atoms with Crippen molar-refractivity contribution in [3.8, 4) is 0 Å². The van der Waals surface area contributed by atoms with Crippen molar-refractivity contribution in [1.29, 1.82) is 0 Å². The number of halogens is 2. The van der Waals surface area contributed by atoms with Gasteiger partial charge in [0.2, 0.25) is 0 Å². The zero-order chi connectivity index (χ0) is 13.0. The Kier molecular flexibility index (Phi) is 4.72. The van der Waals surface area contributed by atoms with Crippen LogP contribution in [0.2, 0.25) is 0 Å². The van der Waals surface area contributed by atoms with E-state index in [0.717, 1.165) is 31.0 Å². The van der Waals surface area contributed by atoms with E-state index < -0.39 is 11.6 Å². The predicted octanol–water partition coefficient (Wildman–Crippen LogP) is 3.06. The molecule has 0 amide bonds. The fourth-order valence-corrected chi connectivity index (χ4v) is 2.89. The molecule has 2 rings (SSSR count). The second kappa shape index (κ2) is 6.29. The van der Waals surface area contributed by atoms with E-state index in [4.69, 9.17) is 4.74 Å². The predicted molar refractivity (Wildman–Crippen MR) is 67.0 cm³/mol. The van der Waals surface area contributed by atoms with Gasteiger partial charge in [-0.3, -0.25) is 4.79 Å². The number of ketones is 1. The summed E-state index contributed by atoms with van der Waals surface area (Å²) in [7, 11) is 0. The molecule has 1 aromatic carbocycles. The Hall–Kier alpha value is -0.940. The molecule has 2 nitrogen and oxygen atoms in total. The van der Waals surface area contributed by atoms with Crippen molar-refractivity contribution in [2.24, 2.45) is 0 Å². The number of Topliss-reactive ketones (excluding diaryl/α,β-unsaturated/α-hetero) is 1. The molecule has 1 aliphatic heterocycles. The van der Waals surface area contributed by atoms with Crippen molar-refractivity contribution in [3.05, 3.63) is 35.4 Å². The molecule has 0 aliphatic carbocycles. The summed E-state index contributed by atoms with van der Waals surface area (Å²) in [6.45, 7) is 1.42. The minimum absolute atomic E-state index is 0.158. The van der Waals surface area contributed by atoms with Crippen molar-refractivity contribution in [1.82, 2.24) is 0 Å². The lowest BCUT2D eigenvalue weighted by molar-refractivity contribution is 0.0987. The zero-order valence-electron chi connectivity index (χ0n) is 9.83. The first-order chi connectivity index (χ1) is 8.66. The van der Waals surface area contributed by atoms with Crippen molar-refractivity contribution >= 4 is 17.5 Å². The number of carbonyl (C=O) groups excluding carboxylic acids is 1. The Morgan fingerprint density at radius 1 is 1.33 bits per heavy atom. The average Bonchev–Trinajstić information content (AvgIpc) is 2.40. The minimum atomic E-state index is -0.658. The highest BCUT2D eigenvalue weighted by molar-refractivity contribution is 8.00. The minimum Gasteiger partial charge on any atom is -0.381 e. The van der Waals surface area contributed by atoms with Crippen molar-refractivity contribution in [3.63, 3.8) is 0 Å². The topological polar surface area (TPSA) is 26.3 Å². The summed E-state index contributed by atoms with van der Waals surface area (Å²) in [6, 6.07) is 2.96. The lowest BCUT2D eigenvalue weighted by Crippen LogP contribution is -2.19. The van der Waals surface area contributed by atoms with Gasteiger partial charge >= 0.3 is 0 Å². The summed E-state index contributed by atoms with van der Waals surface area (Å²) in [5.74, 6) is -1.42. The Bertz CT molecular complexity index is 431. The van der Waals surface area contributed by atoms with Gasteiger partial charge in [-0.05, 0) is 31.0 Å². The normalized spacial score (nSPS) is 16.8. The molecule has 0 unspecified atom stereocenters. The summed E-state index contributed by atoms with van der Waals surface area (Å²) in [5.41, 5.74) is -0.158. The Labute approximate surface area is 109 Å². The standard InChI is InChI=1S/C13H14F2O2S/c14-9-1-2-12(15)11(7-9)13(16)8-18-10-3-5-17-6-4-10/h1-2,7,10H,3-6,8H2. The molecule has 0 N–H and O–H groups in total. The maximum absolute atomic E-state index is 13.4. The third-order valence-electron chi connectivity index (χ3n) is 2.85. The first-order valence-corrected chi connectivity index (χ1v) is 6.89. The second-order valence-corrected chi connectivity index (χ2v) is 5.46. The Morgan fingerprint density at radius 2 is 2.06 bits per heavy atom. The Morgan fingerprint density at radius 3 is 2.78 bits per heavy atom. The van der Waals surface area contributed by atoms with E-state index >= 15 is 0 Å². The molecule has 0 aromatic heterocycles. The van der Waals surface area contributed by atoms with Gasteiger partial charge in [0.05, 0.1) is 11.3 Å². The quantitative estimate of drug-likeness (QED) is 0.788. The van der Waals surface area contributed by atoms with Crippen LogP contribution in [-0.2, 0) is 4.74 Å². The summed E-state index contributed by atoms with van der Waals surface area (Å²) in [4.78, 5) is 11.8. The van der Waals surface area contributed by atoms with Gasteiger partial charge in [-0.25, -0.2) is 8.78 Å². The van der Waals surface area contributed by atoms with E-state index in [-0.39, 0.29) is 17.1 Å². The van der Waals surface area contributed by atoms with E-state index in [2.05, 4.69) is 0 Å². The molecular formula is C13H14F2O2S. The van der Waals surface area contributed by atoms with Gasteiger partial charge in [0.25, 0.3) is 0 Å². The van der Waals surface area contributed by atoms with Crippen LogP contribution in [0.25, 0.3) is 0 Å². The summed E-state index contributed by atoms with van der Waals surface area (Å²) in [5, 5.41) is 0.374. The number of hydrogen-bond acceptors (Lipinski definition) is 3. The largest absolute Gasteiger partial charge is 0.381 e. The summed E-state index contributed by atoms with van der Waals surface area (Å²) in [6.07, 6.45) is 1.81. The van der Waals surface area contributed by atoms with Crippen molar-refractivity contribution < 1.29 is 18.3 Å². The van der Waals surface area contributed by atoms with Crippen LogP contribution >= 0.6 is 11.8 Å². The average molecular weight is 272 g/mol. The van der Waals surface area contributed by atoms with Crippen LogP contribution in [0.3, 0.4) is 0 Å². The van der Waals surface area contributed by atoms with E-state index in [1.165, 1.54) is 11.8 Å². The molecule has 1 heterocycles. The highest BCUT2D eigenvalue weighted by Crippen LogP contribution is 2.23. The van der Waals surface area contributed by atoms with Crippen LogP contribution in [0.5, 0.6) is 0 Å². The van der Waals surface area contributed by atoms with E-state index in [0.29, 0.717) is 18.5 Å². The molecule has 0 atom stereocenters. The molecule has 98 valence electrons. The van der Waals surface area contributed by atoms with Crippen LogP contribution in [0.15, 0.2) is 18.2 Å². The second-order valence-electron chi connectivity index (χ2n) is 4.17. The zero-order valence-corrected chi connectivity index (χ0v) is 10.6. The number of ether oxygens (including phenoxy) is 1. The molecule has 0 radical (unpaired) electrons. The molecule has 1 aliphatic rings. The van der Waals surface area contributed by atoms with Gasteiger partial charge < -0.3 is 4.74 Å². The van der Waals surface area contributed by atoms with Crippen molar-refractivity contribution in [2.45, 2.75) is 18.1 Å². The molecule has 0 spiro atoms. The van der Waals surface area contributed by atoms with Crippen molar-refractivity contribution in [2.75, 3.05) is 19.0 Å². The number of thioether (sulfide) groups is 1. The number of rotatable bonds is 4. The maximum atomic E-state index is 13.4. The SMILES string of the molecule is O=C(CSC1CCOCC1)c1cc(F)ccc1F. The van der Waals surface area contributed by atoms with Crippen LogP contribution in [0, 0.1) is 11.6 Å². The molecule has 1 saturated heterocycles. The molecule has 0 bridgehead atoms. The molecular weight excluding hydrogens is 258 g/mol. The fraction of sp³-hybridized carbons (Fsp3) is 0.462. The van der Waals surface area contributed by atoms with Gasteiger partial charge in [0.15, 0.2) is 5.78 Å². The number of hydrogen-bond donors (Lipinski definition) is 0. The summed E-state index contributed by atoms with van der Waals surface area (Å²) >= 11 is 1.50. The smallest absolute Gasteiger partial charge is 0.175 e. The molecule has 1 fully saturated rings. The van der Waals surface area contributed by atoms with Crippen LogP contribution in [0.1, 0.15) is 23.2 Å². The molecule has 0 saturated carbocycles. The van der Waals surface area contributed by atoms with Gasteiger partial charge in [-0.2, -0.15) is 11.8 Å². The van der Waals surface area contributed by atoms with E-state index in [9.17, 15) is 13.6 Å². The molecule has 18 heavy (non-hydrogen) atoms. The number of carbonyl (C=O) groups is 1. The van der Waals surface area contributed by atoms with Crippen LogP contribution in [-0.4, -0.2) is 30.0 Å². The van der Waals surface area contributed by atoms with Gasteiger partial charge in [-0.1, -0.05) is 0 Å². The van der Waals surface area contributed by atoms with Gasteiger partial charge in [0.1, 0.15) is 11.6 Å². The molecule has 5 heteroatoms. The maximum Gasteiger partial charge on any atom is 0.175 e. The third-order valence-corrected chi connectivity index (χ3v) is 4.22. The first-order valence-electron chi connectivity index (χ1n) is 5.84. The van der Waals surface area contributed by atoms with Crippen LogP contribution < -0.4 is 0 Å². The Balaban J connectivity index is 1.92. The lowest BCUT2D eigenvalue weighted by Gasteiger charge is -2.21. The van der Waals surface area contributed by atoms with E-state index in [1.807, 2.05) is 0 Å². The molecule has 1 aromatic rings. The monoisotopic (exact) mass is 272 g/mol. The third kappa shape index (κ3) is 3.53. The lowest BCUT2D eigenvalue weighted by atomic mass is 10.1. The highest BCUT2D eigenvalue weighted by atomic mass is 32.2. The van der Waals surface area contributed by atoms with E-state index in [1.54, 1.807) is 0 Å². The highest BCUT2D eigenvalue weighted by Gasteiger charge is 2.18. The van der Waals surface area contributed by atoms with Gasteiger partial charge in [0, 0.05) is 18.5 Å². The van der Waals surface area contributed by atoms with Crippen LogP contribution in [0.4, 0.5) is 8.78 Å². The van der Waals surface area contributed by atoms with Gasteiger partial charge in [-0.15, -0.1) is 0 Å².